The van der Waals surface area contributed by atoms with E-state index in [0.717, 1.165) is 24.0 Å². The highest BCUT2D eigenvalue weighted by Gasteiger charge is 2.09. The van der Waals surface area contributed by atoms with E-state index in [9.17, 15) is 0 Å². The molecular weight excluding hydrogens is 292 g/mol. The van der Waals surface area contributed by atoms with Crippen molar-refractivity contribution in [2.75, 3.05) is 13.2 Å². The average Bonchev–Trinajstić information content (AvgIpc) is 2.72. The van der Waals surface area contributed by atoms with E-state index in [1.165, 1.54) is 10.9 Å². The third kappa shape index (κ3) is 2.94. The topological polar surface area (TPSA) is 40.2 Å². The van der Waals surface area contributed by atoms with Gasteiger partial charge in [-0.1, -0.05) is 18.2 Å². The molecule has 0 spiro atoms. The van der Waals surface area contributed by atoms with Gasteiger partial charge in [-0.25, -0.2) is 0 Å². The number of nitrogens with two attached hydrogens (primary N) is 1. The largest absolute Gasteiger partial charge is 0.377 e. The summed E-state index contributed by atoms with van der Waals surface area (Å²) in [7, 11) is 0. The summed E-state index contributed by atoms with van der Waals surface area (Å²) in [5, 5.41) is 1.25. The molecular formula is C14H19BrN2O. The van der Waals surface area contributed by atoms with Crippen molar-refractivity contribution in [3.8, 4) is 0 Å². The molecule has 0 saturated carbocycles. The van der Waals surface area contributed by atoms with E-state index < -0.39 is 0 Å². The highest BCUT2D eigenvalue weighted by Crippen LogP contribution is 2.26. The number of nitrogens with zero attached hydrogens (tertiary/aromatic N) is 1. The van der Waals surface area contributed by atoms with Crippen LogP contribution in [-0.2, 0) is 11.3 Å². The predicted octanol–water partition coefficient (Wildman–Crippen LogP) is 3.16. The van der Waals surface area contributed by atoms with Crippen molar-refractivity contribution in [1.82, 2.24) is 4.57 Å². The summed E-state index contributed by atoms with van der Waals surface area (Å²) in [5.74, 6) is 0. The van der Waals surface area contributed by atoms with Crippen LogP contribution in [0, 0.1) is 0 Å². The molecule has 4 heteroatoms. The number of benzene rings is 1. The number of para-hydroxylation sites is 1. The van der Waals surface area contributed by atoms with Gasteiger partial charge in [-0.05, 0) is 35.3 Å². The maximum Gasteiger partial charge on any atom is 0.0714 e. The maximum atomic E-state index is 5.70. The normalized spacial score (nSPS) is 13.1. The van der Waals surface area contributed by atoms with Gasteiger partial charge in [0.2, 0.25) is 0 Å². The first kappa shape index (κ1) is 13.6. The number of aromatic nitrogens is 1. The molecule has 1 unspecified atom stereocenters. The molecule has 18 heavy (non-hydrogen) atoms. The van der Waals surface area contributed by atoms with Gasteiger partial charge in [0.15, 0.2) is 0 Å². The zero-order chi connectivity index (χ0) is 13.0. The standard InChI is InChI=1S/C14H19BrN2O/c1-2-18-11(9-16)7-8-17-10-13(15)12-5-3-4-6-14(12)17/h3-6,10-11H,2,7-9,16H2,1H3. The van der Waals surface area contributed by atoms with Gasteiger partial charge in [0, 0.05) is 41.3 Å². The van der Waals surface area contributed by atoms with E-state index in [2.05, 4.69) is 51.0 Å². The Hall–Kier alpha value is -0.840. The number of hydrogen-bond acceptors (Lipinski definition) is 2. The third-order valence-corrected chi connectivity index (χ3v) is 3.73. The molecule has 0 fully saturated rings. The fourth-order valence-corrected chi connectivity index (χ4v) is 2.76. The van der Waals surface area contributed by atoms with Gasteiger partial charge in [0.1, 0.15) is 0 Å². The first-order valence-corrected chi connectivity index (χ1v) is 7.10. The number of halogens is 1. The summed E-state index contributed by atoms with van der Waals surface area (Å²) in [5.41, 5.74) is 6.94. The van der Waals surface area contributed by atoms with E-state index in [-0.39, 0.29) is 6.10 Å². The van der Waals surface area contributed by atoms with Crippen LogP contribution in [0.4, 0.5) is 0 Å². The van der Waals surface area contributed by atoms with Crippen LogP contribution < -0.4 is 5.73 Å². The van der Waals surface area contributed by atoms with E-state index in [1.54, 1.807) is 0 Å². The predicted molar refractivity (Wildman–Crippen MR) is 78.7 cm³/mol. The van der Waals surface area contributed by atoms with Crippen LogP contribution in [0.25, 0.3) is 10.9 Å². The highest BCUT2D eigenvalue weighted by atomic mass is 79.9. The molecule has 0 saturated heterocycles. The molecule has 2 aromatic rings. The lowest BCUT2D eigenvalue weighted by Gasteiger charge is -2.15. The van der Waals surface area contributed by atoms with Crippen molar-refractivity contribution in [1.29, 1.82) is 0 Å². The molecule has 0 aliphatic heterocycles. The van der Waals surface area contributed by atoms with Crippen LogP contribution in [0.5, 0.6) is 0 Å². The fourth-order valence-electron chi connectivity index (χ4n) is 2.17. The van der Waals surface area contributed by atoms with Crippen LogP contribution >= 0.6 is 15.9 Å². The number of rotatable bonds is 6. The van der Waals surface area contributed by atoms with Crippen LogP contribution in [0.15, 0.2) is 34.9 Å². The molecule has 3 nitrogen and oxygen atoms in total. The fraction of sp³-hybridized carbons (Fsp3) is 0.429. The van der Waals surface area contributed by atoms with Crippen LogP contribution in [0.1, 0.15) is 13.3 Å². The Morgan fingerprint density at radius 2 is 2.17 bits per heavy atom. The van der Waals surface area contributed by atoms with Gasteiger partial charge >= 0.3 is 0 Å². The van der Waals surface area contributed by atoms with Crippen LogP contribution in [-0.4, -0.2) is 23.8 Å². The van der Waals surface area contributed by atoms with E-state index in [4.69, 9.17) is 10.5 Å². The van der Waals surface area contributed by atoms with Crippen LogP contribution in [0.2, 0.25) is 0 Å². The van der Waals surface area contributed by atoms with Gasteiger partial charge in [0.05, 0.1) is 6.10 Å². The van der Waals surface area contributed by atoms with Gasteiger partial charge < -0.3 is 15.0 Å². The van der Waals surface area contributed by atoms with Gasteiger partial charge in [0.25, 0.3) is 0 Å². The second-order valence-corrected chi connectivity index (χ2v) is 5.14. The average molecular weight is 311 g/mol. The molecule has 1 aromatic heterocycles. The third-order valence-electron chi connectivity index (χ3n) is 3.10. The molecule has 98 valence electrons. The molecule has 0 aliphatic rings. The van der Waals surface area contributed by atoms with Gasteiger partial charge in [-0.3, -0.25) is 0 Å². The van der Waals surface area contributed by atoms with Crippen LogP contribution in [0.3, 0.4) is 0 Å². The Morgan fingerprint density at radius 3 is 2.89 bits per heavy atom. The second-order valence-electron chi connectivity index (χ2n) is 4.29. The van der Waals surface area contributed by atoms with Crippen molar-refractivity contribution in [3.63, 3.8) is 0 Å². The Morgan fingerprint density at radius 1 is 1.39 bits per heavy atom. The minimum absolute atomic E-state index is 0.148. The Labute approximate surface area is 116 Å². The summed E-state index contributed by atoms with van der Waals surface area (Å²) in [6, 6.07) is 8.38. The first-order chi connectivity index (χ1) is 8.76. The summed E-state index contributed by atoms with van der Waals surface area (Å²) in [4.78, 5) is 0. The van der Waals surface area contributed by atoms with Crippen molar-refractivity contribution in [2.45, 2.75) is 26.0 Å². The van der Waals surface area contributed by atoms with Crippen molar-refractivity contribution in [2.24, 2.45) is 5.73 Å². The molecule has 0 radical (unpaired) electrons. The lowest BCUT2D eigenvalue weighted by atomic mass is 10.2. The number of hydrogen-bond donors (Lipinski definition) is 1. The molecule has 1 aromatic carbocycles. The lowest BCUT2D eigenvalue weighted by molar-refractivity contribution is 0.0601. The van der Waals surface area contributed by atoms with Gasteiger partial charge in [-0.2, -0.15) is 0 Å². The Kier molecular flexibility index (Phi) is 4.80. The van der Waals surface area contributed by atoms with Crippen molar-refractivity contribution >= 4 is 26.8 Å². The minimum atomic E-state index is 0.148. The lowest BCUT2D eigenvalue weighted by Crippen LogP contribution is -2.25. The quantitative estimate of drug-likeness (QED) is 0.890. The van der Waals surface area contributed by atoms with Crippen molar-refractivity contribution < 1.29 is 4.74 Å². The monoisotopic (exact) mass is 310 g/mol. The van der Waals surface area contributed by atoms with Crippen molar-refractivity contribution in [3.05, 3.63) is 34.9 Å². The number of ether oxygens (including phenoxy) is 1. The molecule has 1 atom stereocenters. The highest BCUT2D eigenvalue weighted by molar-refractivity contribution is 9.10. The summed E-state index contributed by atoms with van der Waals surface area (Å²) in [6.07, 6.45) is 3.22. The molecule has 2 rings (SSSR count). The van der Waals surface area contributed by atoms with E-state index >= 15 is 0 Å². The first-order valence-electron chi connectivity index (χ1n) is 6.31. The summed E-state index contributed by atoms with van der Waals surface area (Å²) < 4.78 is 8.97. The minimum Gasteiger partial charge on any atom is -0.377 e. The van der Waals surface area contributed by atoms with E-state index in [0.29, 0.717) is 6.54 Å². The molecule has 2 N–H and O–H groups in total. The molecule has 0 aliphatic carbocycles. The SMILES string of the molecule is CCOC(CN)CCn1cc(Br)c2ccccc21. The summed E-state index contributed by atoms with van der Waals surface area (Å²) in [6.45, 7) is 4.23. The van der Waals surface area contributed by atoms with E-state index in [1.807, 2.05) is 6.92 Å². The smallest absolute Gasteiger partial charge is 0.0714 e. The second kappa shape index (κ2) is 6.36. The van der Waals surface area contributed by atoms with Gasteiger partial charge in [-0.15, -0.1) is 0 Å². The number of fused-ring (bicyclic) bond motifs is 1. The number of aryl methyl sites for hydroxylation is 1. The summed E-state index contributed by atoms with van der Waals surface area (Å²) >= 11 is 3.60. The molecule has 0 amide bonds. The maximum absolute atomic E-state index is 5.70. The zero-order valence-corrected chi connectivity index (χ0v) is 12.2. The Bertz CT molecular complexity index is 509. The Balaban J connectivity index is 2.12. The molecule has 0 bridgehead atoms. The zero-order valence-electron chi connectivity index (χ0n) is 10.6. The molecule has 1 heterocycles.